The lowest BCUT2D eigenvalue weighted by atomic mass is 10.2. The fourth-order valence-corrected chi connectivity index (χ4v) is 5.03. The third-order valence-electron chi connectivity index (χ3n) is 3.55. The number of ether oxygens (including phenoxy) is 1. The van der Waals surface area contributed by atoms with Gasteiger partial charge in [0.05, 0.1) is 7.11 Å². The number of aldehydes is 1. The molecule has 2 rings (SSSR count). The Morgan fingerprint density at radius 1 is 1.05 bits per heavy atom. The van der Waals surface area contributed by atoms with Gasteiger partial charge in [0.15, 0.2) is 0 Å². The molecule has 0 unspecified atom stereocenters. The number of hydrogen-bond donors (Lipinski definition) is 0. The van der Waals surface area contributed by atoms with Gasteiger partial charge in [-0.1, -0.05) is 54.7 Å². The lowest BCUT2D eigenvalue weighted by Crippen LogP contribution is -2.54. The molecular formula is C16H18O2Si. The molecule has 0 radical (unpaired) electrons. The number of benzene rings is 2. The van der Waals surface area contributed by atoms with E-state index in [1.807, 2.05) is 36.4 Å². The lowest BCUT2D eigenvalue weighted by molar-refractivity contribution is 0.112. The number of carbonyl (C=O) groups excluding carboxylic acids is 1. The highest BCUT2D eigenvalue weighted by Gasteiger charge is 2.28. The Balaban J connectivity index is 2.54. The van der Waals surface area contributed by atoms with E-state index in [1.54, 1.807) is 7.11 Å². The van der Waals surface area contributed by atoms with Gasteiger partial charge in [0.2, 0.25) is 0 Å². The van der Waals surface area contributed by atoms with Crippen molar-refractivity contribution in [2.24, 2.45) is 0 Å². The summed E-state index contributed by atoms with van der Waals surface area (Å²) in [6, 6.07) is 16.2. The zero-order chi connectivity index (χ0) is 13.9. The maximum Gasteiger partial charge on any atom is 0.150 e. The van der Waals surface area contributed by atoms with Gasteiger partial charge in [-0.15, -0.1) is 0 Å². The van der Waals surface area contributed by atoms with Gasteiger partial charge >= 0.3 is 0 Å². The van der Waals surface area contributed by atoms with Gasteiger partial charge in [-0.25, -0.2) is 0 Å². The largest absolute Gasteiger partial charge is 0.497 e. The zero-order valence-electron chi connectivity index (χ0n) is 11.5. The number of methoxy groups -OCH3 is 1. The van der Waals surface area contributed by atoms with Crippen LogP contribution in [0.1, 0.15) is 10.4 Å². The number of rotatable bonds is 4. The van der Waals surface area contributed by atoms with Crippen molar-refractivity contribution < 1.29 is 9.53 Å². The molecule has 19 heavy (non-hydrogen) atoms. The third-order valence-corrected chi connectivity index (χ3v) is 7.13. The van der Waals surface area contributed by atoms with E-state index in [1.165, 1.54) is 5.19 Å². The maximum absolute atomic E-state index is 11.3. The summed E-state index contributed by atoms with van der Waals surface area (Å²) in [5, 5.41) is 2.47. The van der Waals surface area contributed by atoms with E-state index in [0.29, 0.717) is 0 Å². The Kier molecular flexibility index (Phi) is 3.86. The van der Waals surface area contributed by atoms with E-state index in [-0.39, 0.29) is 0 Å². The highest BCUT2D eigenvalue weighted by Crippen LogP contribution is 2.14. The minimum Gasteiger partial charge on any atom is -0.497 e. The topological polar surface area (TPSA) is 26.3 Å². The van der Waals surface area contributed by atoms with Crippen molar-refractivity contribution in [3.05, 3.63) is 54.1 Å². The molecular weight excluding hydrogens is 252 g/mol. The van der Waals surface area contributed by atoms with Gasteiger partial charge in [-0.2, -0.15) is 0 Å². The monoisotopic (exact) mass is 270 g/mol. The molecule has 0 aliphatic heterocycles. The lowest BCUT2D eigenvalue weighted by Gasteiger charge is -2.25. The smallest absolute Gasteiger partial charge is 0.150 e. The molecule has 0 saturated carbocycles. The van der Waals surface area contributed by atoms with Crippen molar-refractivity contribution in [2.45, 2.75) is 13.1 Å². The van der Waals surface area contributed by atoms with Crippen LogP contribution >= 0.6 is 0 Å². The van der Waals surface area contributed by atoms with E-state index < -0.39 is 8.07 Å². The first-order valence-corrected chi connectivity index (χ1v) is 9.29. The second-order valence-electron chi connectivity index (χ2n) is 5.06. The quantitative estimate of drug-likeness (QED) is 0.629. The van der Waals surface area contributed by atoms with Crippen LogP contribution in [0.25, 0.3) is 0 Å². The molecule has 0 amide bonds. The Bertz CT molecular complexity index is 577. The number of carbonyl (C=O) groups is 1. The van der Waals surface area contributed by atoms with Gasteiger partial charge in [-0.3, -0.25) is 4.79 Å². The van der Waals surface area contributed by atoms with Crippen molar-refractivity contribution in [3.63, 3.8) is 0 Å². The van der Waals surface area contributed by atoms with E-state index in [9.17, 15) is 4.79 Å². The summed E-state index contributed by atoms with van der Waals surface area (Å²) >= 11 is 0. The summed E-state index contributed by atoms with van der Waals surface area (Å²) in [5.74, 6) is 0.726. The fourth-order valence-electron chi connectivity index (χ4n) is 2.34. The molecule has 0 bridgehead atoms. The van der Waals surface area contributed by atoms with Crippen LogP contribution in [0.4, 0.5) is 0 Å². The van der Waals surface area contributed by atoms with Gasteiger partial charge in [-0.05, 0) is 17.3 Å². The Hall–Kier alpha value is -1.87. The van der Waals surface area contributed by atoms with Crippen LogP contribution in [0.2, 0.25) is 13.1 Å². The van der Waals surface area contributed by atoms with Gasteiger partial charge in [0, 0.05) is 5.56 Å². The molecule has 2 nitrogen and oxygen atoms in total. The Labute approximate surface area is 115 Å². The summed E-state index contributed by atoms with van der Waals surface area (Å²) in [5.41, 5.74) is 0.736. The second kappa shape index (κ2) is 5.41. The average molecular weight is 270 g/mol. The van der Waals surface area contributed by atoms with Crippen LogP contribution in [0.3, 0.4) is 0 Å². The second-order valence-corrected chi connectivity index (χ2v) is 9.43. The number of hydrogen-bond acceptors (Lipinski definition) is 2. The van der Waals surface area contributed by atoms with E-state index in [4.69, 9.17) is 4.74 Å². The zero-order valence-corrected chi connectivity index (χ0v) is 12.5. The molecule has 0 N–H and O–H groups in total. The normalized spacial score (nSPS) is 11.1. The summed E-state index contributed by atoms with van der Waals surface area (Å²) in [6.45, 7) is 4.52. The van der Waals surface area contributed by atoms with Gasteiger partial charge in [0.25, 0.3) is 0 Å². The van der Waals surface area contributed by atoms with E-state index >= 15 is 0 Å². The van der Waals surface area contributed by atoms with E-state index in [2.05, 4.69) is 25.2 Å². The molecule has 0 atom stereocenters. The van der Waals surface area contributed by atoms with Crippen molar-refractivity contribution in [1.82, 2.24) is 0 Å². The first-order valence-electron chi connectivity index (χ1n) is 6.29. The summed E-state index contributed by atoms with van der Waals surface area (Å²) in [6.07, 6.45) is 0.926. The van der Waals surface area contributed by atoms with Crippen molar-refractivity contribution in [1.29, 1.82) is 0 Å². The minimum absolute atomic E-state index is 0.726. The molecule has 0 aromatic heterocycles. The molecule has 0 heterocycles. The molecule has 0 aliphatic rings. The van der Waals surface area contributed by atoms with Crippen LogP contribution in [0, 0.1) is 0 Å². The molecule has 98 valence electrons. The van der Waals surface area contributed by atoms with E-state index in [0.717, 1.165) is 22.8 Å². The molecule has 0 saturated heterocycles. The molecule has 0 fully saturated rings. The highest BCUT2D eigenvalue weighted by molar-refractivity contribution is 7.00. The average Bonchev–Trinajstić information content (AvgIpc) is 2.47. The molecule has 2 aromatic rings. The predicted octanol–water partition coefficient (Wildman–Crippen LogP) is 2.33. The van der Waals surface area contributed by atoms with Crippen LogP contribution in [0.5, 0.6) is 5.75 Å². The maximum atomic E-state index is 11.3. The minimum atomic E-state index is -1.84. The van der Waals surface area contributed by atoms with Crippen molar-refractivity contribution in [3.8, 4) is 5.75 Å². The van der Waals surface area contributed by atoms with Crippen LogP contribution in [-0.2, 0) is 0 Å². The molecule has 0 spiro atoms. The Morgan fingerprint density at radius 3 is 2.32 bits per heavy atom. The van der Waals surface area contributed by atoms with Crippen LogP contribution < -0.4 is 15.1 Å². The van der Waals surface area contributed by atoms with Gasteiger partial charge < -0.3 is 4.74 Å². The summed E-state index contributed by atoms with van der Waals surface area (Å²) < 4.78 is 5.19. The SMILES string of the molecule is COc1ccc([Si](C)(C)c2ccccc2)c(C=O)c1. The highest BCUT2D eigenvalue weighted by atomic mass is 28.3. The Morgan fingerprint density at radius 2 is 1.74 bits per heavy atom. The van der Waals surface area contributed by atoms with Gasteiger partial charge in [0.1, 0.15) is 20.1 Å². The van der Waals surface area contributed by atoms with Crippen LogP contribution in [-0.4, -0.2) is 21.5 Å². The first-order chi connectivity index (χ1) is 9.09. The third kappa shape index (κ3) is 2.61. The van der Waals surface area contributed by atoms with Crippen molar-refractivity contribution >= 4 is 24.7 Å². The fraction of sp³-hybridized carbons (Fsp3) is 0.188. The molecule has 3 heteroatoms. The summed E-state index contributed by atoms with van der Waals surface area (Å²) in [4.78, 5) is 11.3. The standard InChI is InChI=1S/C16H18O2Si/c1-18-14-9-10-16(13(11-14)12-17)19(2,3)15-7-5-4-6-8-15/h4-12H,1-3H3. The molecule has 0 aliphatic carbocycles. The predicted molar refractivity (Wildman–Crippen MR) is 81.6 cm³/mol. The first kappa shape index (κ1) is 13.6. The summed E-state index contributed by atoms with van der Waals surface area (Å²) in [7, 11) is -0.229. The molecule has 2 aromatic carbocycles. The van der Waals surface area contributed by atoms with Crippen molar-refractivity contribution in [2.75, 3.05) is 7.11 Å². The van der Waals surface area contributed by atoms with Crippen LogP contribution in [0.15, 0.2) is 48.5 Å².